The maximum Gasteiger partial charge on any atom is 0.331 e. The van der Waals surface area contributed by atoms with E-state index in [4.69, 9.17) is 37.9 Å². The van der Waals surface area contributed by atoms with Gasteiger partial charge in [0.15, 0.2) is 0 Å². The maximum atomic E-state index is 12.4. The molecule has 14 heteroatoms. The van der Waals surface area contributed by atoms with Crippen molar-refractivity contribution >= 4 is 29.8 Å². The number of benzene rings is 4. The first-order valence-corrected chi connectivity index (χ1v) is 23.9. The van der Waals surface area contributed by atoms with Crippen LogP contribution in [0.1, 0.15) is 92.4 Å². The largest absolute Gasteiger partial charge is 0.496 e. The minimum absolute atomic E-state index is 0.109. The third kappa shape index (κ3) is 16.0. The standard InChI is InChI=1S/C58H66O14/c1-9-50(59)69-22-12-16-38-26-42-34-44-28-39(17-13-23-70-51(60)10-2)30-46(56(44)66-6)36-48-32-41(19-15-25-72-54(63)21-20-53(62)64-4)33-49(58(48)68-8)37-47-31-40(18-14-24-71-52(61)11-3)29-45(57(47)67-7)35-43(27-38)55(42)65-5/h9-11,20-21,26-33H,1-3,12-19,22-25,34-37H2,4-8H3/b21-20-. The average Bonchev–Trinajstić information content (AvgIpc) is 3.37. The van der Waals surface area contributed by atoms with E-state index in [0.717, 1.165) is 97.1 Å². The fraction of sp³-hybridized carbons (Fsp3) is 0.362. The van der Waals surface area contributed by atoms with E-state index in [0.29, 0.717) is 100 Å². The van der Waals surface area contributed by atoms with Crippen LogP contribution in [0.15, 0.2) is 98.6 Å². The van der Waals surface area contributed by atoms with Crippen molar-refractivity contribution in [3.05, 3.63) is 165 Å². The lowest BCUT2D eigenvalue weighted by molar-refractivity contribution is -0.139. The molecule has 14 nitrogen and oxygen atoms in total. The van der Waals surface area contributed by atoms with E-state index in [-0.39, 0.29) is 26.4 Å². The van der Waals surface area contributed by atoms with Crippen LogP contribution in [0.5, 0.6) is 23.0 Å². The van der Waals surface area contributed by atoms with E-state index in [1.807, 2.05) is 0 Å². The smallest absolute Gasteiger partial charge is 0.331 e. The van der Waals surface area contributed by atoms with Crippen molar-refractivity contribution in [2.45, 2.75) is 77.0 Å². The molecule has 4 aromatic rings. The van der Waals surface area contributed by atoms with Crippen molar-refractivity contribution in [3.63, 3.8) is 0 Å². The van der Waals surface area contributed by atoms with Crippen molar-refractivity contribution < 1.29 is 66.6 Å². The first-order chi connectivity index (χ1) is 34.9. The zero-order valence-electron chi connectivity index (χ0n) is 42.2. The molecule has 0 N–H and O–H groups in total. The first-order valence-electron chi connectivity index (χ1n) is 23.9. The van der Waals surface area contributed by atoms with E-state index in [2.05, 4.69) is 73.0 Å². The minimum atomic E-state index is -0.658. The molecule has 0 atom stereocenters. The molecule has 0 fully saturated rings. The van der Waals surface area contributed by atoms with Gasteiger partial charge >= 0.3 is 29.8 Å². The van der Waals surface area contributed by atoms with Crippen LogP contribution in [0, 0.1) is 0 Å². The van der Waals surface area contributed by atoms with Crippen LogP contribution < -0.4 is 18.9 Å². The third-order valence-corrected chi connectivity index (χ3v) is 12.0. The van der Waals surface area contributed by atoms with Gasteiger partial charge in [0.2, 0.25) is 0 Å². The summed E-state index contributed by atoms with van der Waals surface area (Å²) in [6, 6.07) is 17.0. The van der Waals surface area contributed by atoms with Gasteiger partial charge in [-0.2, -0.15) is 0 Å². The summed E-state index contributed by atoms with van der Waals surface area (Å²) in [5.41, 5.74) is 11.3. The predicted octanol–water partition coefficient (Wildman–Crippen LogP) is 8.59. The van der Waals surface area contributed by atoms with Gasteiger partial charge in [-0.3, -0.25) is 0 Å². The highest BCUT2D eigenvalue weighted by Crippen LogP contribution is 2.41. The Morgan fingerprint density at radius 2 is 0.597 bits per heavy atom. The molecular formula is C58H66O14. The number of carbonyl (C=O) groups is 5. The number of hydrogen-bond donors (Lipinski definition) is 0. The molecule has 0 aromatic heterocycles. The summed E-state index contributed by atoms with van der Waals surface area (Å²) in [7, 11) is 7.89. The number of fused-ring (bicyclic) bond motifs is 8. The lowest BCUT2D eigenvalue weighted by Gasteiger charge is -2.23. The molecule has 8 bridgehead atoms. The molecule has 0 aliphatic heterocycles. The van der Waals surface area contributed by atoms with Crippen LogP contribution in [0.3, 0.4) is 0 Å². The fourth-order valence-electron chi connectivity index (χ4n) is 9.03. The van der Waals surface area contributed by atoms with E-state index >= 15 is 0 Å². The third-order valence-electron chi connectivity index (χ3n) is 12.0. The van der Waals surface area contributed by atoms with Gasteiger partial charge < -0.3 is 42.6 Å². The molecule has 0 unspecified atom stereocenters. The van der Waals surface area contributed by atoms with Crippen LogP contribution in [0.4, 0.5) is 0 Å². The summed E-state index contributed by atoms with van der Waals surface area (Å²) >= 11 is 0. The molecule has 382 valence electrons. The van der Waals surface area contributed by atoms with Gasteiger partial charge in [-0.15, -0.1) is 0 Å². The Balaban J connectivity index is 1.72. The van der Waals surface area contributed by atoms with Crippen LogP contribution in [-0.2, 0) is 99.0 Å². The highest BCUT2D eigenvalue weighted by molar-refractivity contribution is 5.91. The number of esters is 5. The zero-order valence-corrected chi connectivity index (χ0v) is 42.2. The van der Waals surface area contributed by atoms with Gasteiger partial charge in [-0.05, 0) is 118 Å². The number of hydrogen-bond acceptors (Lipinski definition) is 14. The highest BCUT2D eigenvalue weighted by atomic mass is 16.5. The highest BCUT2D eigenvalue weighted by Gasteiger charge is 2.24. The normalized spacial score (nSPS) is 11.7. The van der Waals surface area contributed by atoms with Gasteiger partial charge in [-0.1, -0.05) is 68.3 Å². The van der Waals surface area contributed by atoms with E-state index in [9.17, 15) is 24.0 Å². The van der Waals surface area contributed by atoms with Gasteiger partial charge in [0, 0.05) is 56.1 Å². The molecule has 0 amide bonds. The van der Waals surface area contributed by atoms with Crippen molar-refractivity contribution in [2.75, 3.05) is 62.0 Å². The number of aryl methyl sites for hydroxylation is 4. The lowest BCUT2D eigenvalue weighted by atomic mass is 9.87. The van der Waals surface area contributed by atoms with Gasteiger partial charge in [-0.25, -0.2) is 24.0 Å². The summed E-state index contributed by atoms with van der Waals surface area (Å²) < 4.78 is 51.4. The molecule has 0 radical (unpaired) electrons. The van der Waals surface area contributed by atoms with Crippen LogP contribution in [-0.4, -0.2) is 91.8 Å². The summed E-state index contributed by atoms with van der Waals surface area (Å²) in [4.78, 5) is 59.8. The Hall–Kier alpha value is -7.61. The number of methoxy groups -OCH3 is 5. The summed E-state index contributed by atoms with van der Waals surface area (Å²) in [5.74, 6) is 0.0445. The summed E-state index contributed by atoms with van der Waals surface area (Å²) in [6.07, 6.45) is 11.7. The Kier molecular flexibility index (Phi) is 21.7. The fourth-order valence-corrected chi connectivity index (χ4v) is 9.03. The molecule has 1 aliphatic carbocycles. The molecule has 0 spiro atoms. The van der Waals surface area contributed by atoms with Gasteiger partial charge in [0.1, 0.15) is 23.0 Å². The van der Waals surface area contributed by atoms with Gasteiger partial charge in [0.05, 0.1) is 62.0 Å². The Bertz CT molecular complexity index is 2510. The molecule has 4 aromatic carbocycles. The van der Waals surface area contributed by atoms with Crippen molar-refractivity contribution in [2.24, 2.45) is 0 Å². The van der Waals surface area contributed by atoms with Crippen LogP contribution in [0.2, 0.25) is 0 Å². The maximum absolute atomic E-state index is 12.4. The zero-order chi connectivity index (χ0) is 52.0. The number of carbonyl (C=O) groups excluding carboxylic acids is 5. The van der Waals surface area contributed by atoms with E-state index in [1.165, 1.54) is 7.11 Å². The monoisotopic (exact) mass is 986 g/mol. The van der Waals surface area contributed by atoms with E-state index < -0.39 is 29.8 Å². The second kappa shape index (κ2) is 28.3. The Morgan fingerprint density at radius 1 is 0.375 bits per heavy atom. The number of ether oxygens (including phenoxy) is 9. The number of rotatable bonds is 25. The SMILES string of the molecule is C=CC(=O)OCCCc1cc2c(OC)c(c1)Cc1cc(CCCOC(=O)C=C)cc(c1OC)Cc1cc(CCCOC(=O)/C=C\C(=O)OC)cc(c1OC)Cc1cc(CCCOC(=O)C=C)cc(c1OC)C2. The van der Waals surface area contributed by atoms with Crippen molar-refractivity contribution in [3.8, 4) is 23.0 Å². The second-order valence-electron chi connectivity index (χ2n) is 17.0. The lowest BCUT2D eigenvalue weighted by Crippen LogP contribution is -2.10. The quantitative estimate of drug-likeness (QED) is 0.0236. The topological polar surface area (TPSA) is 168 Å². The Labute approximate surface area is 422 Å². The van der Waals surface area contributed by atoms with Crippen molar-refractivity contribution in [1.82, 2.24) is 0 Å². The predicted molar refractivity (Wildman–Crippen MR) is 272 cm³/mol. The first kappa shape index (κ1) is 55.3. The molecule has 5 rings (SSSR count). The summed E-state index contributed by atoms with van der Waals surface area (Å²) in [6.45, 7) is 11.3. The summed E-state index contributed by atoms with van der Waals surface area (Å²) in [5, 5.41) is 0. The van der Waals surface area contributed by atoms with Crippen LogP contribution >= 0.6 is 0 Å². The van der Waals surface area contributed by atoms with Crippen LogP contribution in [0.25, 0.3) is 0 Å². The molecule has 0 saturated heterocycles. The van der Waals surface area contributed by atoms with Gasteiger partial charge in [0.25, 0.3) is 0 Å². The van der Waals surface area contributed by atoms with E-state index in [1.54, 1.807) is 28.4 Å². The van der Waals surface area contributed by atoms with Crippen molar-refractivity contribution in [1.29, 1.82) is 0 Å². The molecule has 0 heterocycles. The average molecular weight is 987 g/mol. The second-order valence-corrected chi connectivity index (χ2v) is 17.0. The molecular weight excluding hydrogens is 921 g/mol. The molecule has 0 saturated carbocycles. The molecule has 1 aliphatic rings. The molecule has 72 heavy (non-hydrogen) atoms. The Morgan fingerprint density at radius 3 is 0.806 bits per heavy atom. The minimum Gasteiger partial charge on any atom is -0.496 e.